The van der Waals surface area contributed by atoms with E-state index in [1.807, 2.05) is 49.4 Å². The van der Waals surface area contributed by atoms with Crippen molar-refractivity contribution in [1.82, 2.24) is 0 Å². The van der Waals surface area contributed by atoms with E-state index in [-0.39, 0.29) is 6.04 Å². The van der Waals surface area contributed by atoms with Gasteiger partial charge in [-0.1, -0.05) is 29.8 Å². The molecule has 2 rings (SSSR count). The highest BCUT2D eigenvalue weighted by Gasteiger charge is 2.09. The lowest BCUT2D eigenvalue weighted by molar-refractivity contribution is 0.379. The van der Waals surface area contributed by atoms with Crippen LogP contribution in [-0.4, -0.2) is 7.11 Å². The molecular formula is C15H16ClNO2. The van der Waals surface area contributed by atoms with E-state index in [2.05, 4.69) is 0 Å². The number of hydrogen-bond acceptors (Lipinski definition) is 3. The second-order valence-corrected chi connectivity index (χ2v) is 4.64. The lowest BCUT2D eigenvalue weighted by Crippen LogP contribution is -2.04. The van der Waals surface area contributed by atoms with Crippen LogP contribution in [0.1, 0.15) is 18.5 Å². The number of halogens is 1. The van der Waals surface area contributed by atoms with Crippen LogP contribution in [0.15, 0.2) is 42.5 Å². The van der Waals surface area contributed by atoms with Crippen molar-refractivity contribution in [2.45, 2.75) is 13.0 Å². The number of hydrogen-bond donors (Lipinski definition) is 1. The van der Waals surface area contributed by atoms with E-state index < -0.39 is 0 Å². The summed E-state index contributed by atoms with van der Waals surface area (Å²) in [4.78, 5) is 0. The SMILES string of the molecule is COc1ccccc1Oc1ccc(C(C)N)cc1Cl. The van der Waals surface area contributed by atoms with Crippen LogP contribution in [0.3, 0.4) is 0 Å². The molecule has 0 aliphatic carbocycles. The van der Waals surface area contributed by atoms with Gasteiger partial charge in [0.2, 0.25) is 0 Å². The zero-order valence-corrected chi connectivity index (χ0v) is 11.6. The lowest BCUT2D eigenvalue weighted by atomic mass is 10.1. The fourth-order valence-electron chi connectivity index (χ4n) is 1.70. The highest BCUT2D eigenvalue weighted by atomic mass is 35.5. The summed E-state index contributed by atoms with van der Waals surface area (Å²) in [6.45, 7) is 1.91. The molecule has 0 heterocycles. The normalized spacial score (nSPS) is 12.0. The van der Waals surface area contributed by atoms with E-state index in [9.17, 15) is 0 Å². The molecule has 0 amide bonds. The second-order valence-electron chi connectivity index (χ2n) is 4.23. The molecule has 0 bridgehead atoms. The molecule has 1 unspecified atom stereocenters. The highest BCUT2D eigenvalue weighted by molar-refractivity contribution is 6.32. The molecule has 19 heavy (non-hydrogen) atoms. The van der Waals surface area contributed by atoms with Crippen molar-refractivity contribution in [2.75, 3.05) is 7.11 Å². The minimum atomic E-state index is -0.0576. The molecule has 0 saturated heterocycles. The maximum Gasteiger partial charge on any atom is 0.169 e. The van der Waals surface area contributed by atoms with Crippen LogP contribution in [0.2, 0.25) is 5.02 Å². The molecule has 0 aliphatic rings. The van der Waals surface area contributed by atoms with Crippen LogP contribution in [0, 0.1) is 0 Å². The number of rotatable bonds is 4. The predicted octanol–water partition coefficient (Wildman–Crippen LogP) is 4.16. The Hall–Kier alpha value is -1.71. The van der Waals surface area contributed by atoms with Gasteiger partial charge < -0.3 is 15.2 Å². The quantitative estimate of drug-likeness (QED) is 0.912. The third-order valence-corrected chi connectivity index (χ3v) is 3.07. The standard InChI is InChI=1S/C15H16ClNO2/c1-10(17)11-7-8-13(12(16)9-11)19-15-6-4-3-5-14(15)18-2/h3-10H,17H2,1-2H3. The van der Waals surface area contributed by atoms with Crippen molar-refractivity contribution < 1.29 is 9.47 Å². The van der Waals surface area contributed by atoms with Crippen LogP contribution in [0.5, 0.6) is 17.2 Å². The Balaban J connectivity index is 2.28. The van der Waals surface area contributed by atoms with E-state index in [0.29, 0.717) is 22.3 Å². The molecule has 0 saturated carbocycles. The van der Waals surface area contributed by atoms with Crippen LogP contribution in [-0.2, 0) is 0 Å². The lowest BCUT2D eigenvalue weighted by Gasteiger charge is -2.13. The van der Waals surface area contributed by atoms with Gasteiger partial charge in [-0.05, 0) is 36.8 Å². The summed E-state index contributed by atoms with van der Waals surface area (Å²) >= 11 is 6.20. The third-order valence-electron chi connectivity index (χ3n) is 2.77. The molecule has 4 heteroatoms. The Morgan fingerprint density at radius 3 is 2.32 bits per heavy atom. The predicted molar refractivity (Wildman–Crippen MR) is 77.1 cm³/mol. The highest BCUT2D eigenvalue weighted by Crippen LogP contribution is 2.35. The topological polar surface area (TPSA) is 44.5 Å². The van der Waals surface area contributed by atoms with Gasteiger partial charge in [-0.2, -0.15) is 0 Å². The summed E-state index contributed by atoms with van der Waals surface area (Å²) in [5, 5.41) is 0.528. The summed E-state index contributed by atoms with van der Waals surface area (Å²) in [5.41, 5.74) is 6.78. The molecule has 2 N–H and O–H groups in total. The Kier molecular flexibility index (Phi) is 4.30. The molecular weight excluding hydrogens is 262 g/mol. The fourth-order valence-corrected chi connectivity index (χ4v) is 1.93. The molecule has 0 spiro atoms. The molecule has 0 aromatic heterocycles. The van der Waals surface area contributed by atoms with Gasteiger partial charge in [-0.3, -0.25) is 0 Å². The second kappa shape index (κ2) is 5.95. The average molecular weight is 278 g/mol. The van der Waals surface area contributed by atoms with Crippen molar-refractivity contribution in [3.05, 3.63) is 53.1 Å². The van der Waals surface area contributed by atoms with Gasteiger partial charge in [-0.25, -0.2) is 0 Å². The Morgan fingerprint density at radius 1 is 1.05 bits per heavy atom. The molecule has 0 radical (unpaired) electrons. The van der Waals surface area contributed by atoms with Crippen LogP contribution < -0.4 is 15.2 Å². The monoisotopic (exact) mass is 277 g/mol. The first-order valence-corrected chi connectivity index (χ1v) is 6.35. The van der Waals surface area contributed by atoms with Gasteiger partial charge in [0.25, 0.3) is 0 Å². The maximum absolute atomic E-state index is 6.20. The van der Waals surface area contributed by atoms with Crippen molar-refractivity contribution in [1.29, 1.82) is 0 Å². The van der Waals surface area contributed by atoms with Gasteiger partial charge in [0.1, 0.15) is 5.75 Å². The summed E-state index contributed by atoms with van der Waals surface area (Å²) < 4.78 is 11.0. The number of nitrogens with two attached hydrogens (primary N) is 1. The smallest absolute Gasteiger partial charge is 0.169 e. The Bertz CT molecular complexity index is 570. The molecule has 0 fully saturated rings. The first kappa shape index (κ1) is 13.7. The minimum Gasteiger partial charge on any atom is -0.493 e. The van der Waals surface area contributed by atoms with Gasteiger partial charge in [-0.15, -0.1) is 0 Å². The van der Waals surface area contributed by atoms with Crippen molar-refractivity contribution in [2.24, 2.45) is 5.73 Å². The maximum atomic E-state index is 6.20. The minimum absolute atomic E-state index is 0.0576. The zero-order valence-electron chi connectivity index (χ0n) is 10.9. The van der Waals surface area contributed by atoms with E-state index in [1.165, 1.54) is 0 Å². The largest absolute Gasteiger partial charge is 0.493 e. The molecule has 2 aromatic carbocycles. The van der Waals surface area contributed by atoms with E-state index >= 15 is 0 Å². The van der Waals surface area contributed by atoms with E-state index in [4.69, 9.17) is 26.8 Å². The number of methoxy groups -OCH3 is 1. The number of ether oxygens (including phenoxy) is 2. The van der Waals surface area contributed by atoms with Crippen LogP contribution >= 0.6 is 11.6 Å². The Morgan fingerprint density at radius 2 is 1.74 bits per heavy atom. The van der Waals surface area contributed by atoms with Gasteiger partial charge in [0.15, 0.2) is 11.5 Å². The number of para-hydroxylation sites is 2. The van der Waals surface area contributed by atoms with Crippen LogP contribution in [0.4, 0.5) is 0 Å². The first-order chi connectivity index (χ1) is 9.11. The third kappa shape index (κ3) is 3.19. The van der Waals surface area contributed by atoms with E-state index in [1.54, 1.807) is 7.11 Å². The fraction of sp³-hybridized carbons (Fsp3) is 0.200. The summed E-state index contributed by atoms with van der Waals surface area (Å²) in [5.74, 6) is 1.87. The summed E-state index contributed by atoms with van der Waals surface area (Å²) in [7, 11) is 1.60. The summed E-state index contributed by atoms with van der Waals surface area (Å²) in [6, 6.07) is 12.9. The molecule has 2 aromatic rings. The number of benzene rings is 2. The van der Waals surface area contributed by atoms with E-state index in [0.717, 1.165) is 5.56 Å². The molecule has 100 valence electrons. The van der Waals surface area contributed by atoms with Gasteiger partial charge in [0.05, 0.1) is 12.1 Å². The molecule has 3 nitrogen and oxygen atoms in total. The van der Waals surface area contributed by atoms with Crippen molar-refractivity contribution in [3.8, 4) is 17.2 Å². The van der Waals surface area contributed by atoms with Crippen LogP contribution in [0.25, 0.3) is 0 Å². The van der Waals surface area contributed by atoms with Gasteiger partial charge in [0, 0.05) is 6.04 Å². The molecule has 1 atom stereocenters. The summed E-state index contributed by atoms with van der Waals surface area (Å²) in [6.07, 6.45) is 0. The molecule has 0 aliphatic heterocycles. The van der Waals surface area contributed by atoms with Crippen molar-refractivity contribution >= 4 is 11.6 Å². The Labute approximate surface area is 117 Å². The first-order valence-electron chi connectivity index (χ1n) is 5.97. The van der Waals surface area contributed by atoms with Crippen molar-refractivity contribution in [3.63, 3.8) is 0 Å². The van der Waals surface area contributed by atoms with Gasteiger partial charge >= 0.3 is 0 Å². The average Bonchev–Trinajstić information content (AvgIpc) is 2.41. The zero-order chi connectivity index (χ0) is 13.8.